The van der Waals surface area contributed by atoms with E-state index in [0.29, 0.717) is 24.6 Å². The van der Waals surface area contributed by atoms with Gasteiger partial charge in [-0.2, -0.15) is 4.98 Å². The van der Waals surface area contributed by atoms with E-state index in [4.69, 9.17) is 9.63 Å². The van der Waals surface area contributed by atoms with Gasteiger partial charge in [-0.15, -0.1) is 0 Å². The maximum Gasteiger partial charge on any atom is 0.303 e. The van der Waals surface area contributed by atoms with Crippen LogP contribution in [0.1, 0.15) is 37.9 Å². The minimum Gasteiger partial charge on any atom is -0.481 e. The van der Waals surface area contributed by atoms with Gasteiger partial charge in [-0.1, -0.05) is 5.16 Å². The van der Waals surface area contributed by atoms with Gasteiger partial charge in [-0.3, -0.25) is 9.59 Å². The van der Waals surface area contributed by atoms with Crippen LogP contribution in [0.15, 0.2) is 4.52 Å². The van der Waals surface area contributed by atoms with E-state index >= 15 is 0 Å². The molecule has 0 aliphatic rings. The summed E-state index contributed by atoms with van der Waals surface area (Å²) in [6.45, 7) is 3.48. The molecule has 0 aromatic carbocycles. The van der Waals surface area contributed by atoms with Crippen molar-refractivity contribution < 1.29 is 19.2 Å². The van der Waals surface area contributed by atoms with Crippen molar-refractivity contribution in [3.8, 4) is 0 Å². The number of rotatable bonds is 7. The third kappa shape index (κ3) is 5.42. The van der Waals surface area contributed by atoms with Crippen LogP contribution in [-0.4, -0.2) is 33.2 Å². The van der Waals surface area contributed by atoms with Crippen LogP contribution < -0.4 is 5.32 Å². The molecule has 0 saturated heterocycles. The molecule has 7 heteroatoms. The highest BCUT2D eigenvalue weighted by Crippen LogP contribution is 2.01. The molecule has 1 rings (SSSR count). The lowest BCUT2D eigenvalue weighted by Crippen LogP contribution is -2.33. The van der Waals surface area contributed by atoms with Gasteiger partial charge in [0.1, 0.15) is 0 Å². The van der Waals surface area contributed by atoms with Gasteiger partial charge in [0, 0.05) is 25.3 Å². The van der Waals surface area contributed by atoms with E-state index in [2.05, 4.69) is 15.5 Å². The van der Waals surface area contributed by atoms with Crippen molar-refractivity contribution in [1.29, 1.82) is 0 Å². The number of nitrogens with one attached hydrogen (secondary N) is 1. The Hall–Kier alpha value is -1.92. The van der Waals surface area contributed by atoms with Crippen molar-refractivity contribution in [3.05, 3.63) is 11.7 Å². The number of aryl methyl sites for hydroxylation is 2. The Morgan fingerprint density at radius 1 is 1.44 bits per heavy atom. The van der Waals surface area contributed by atoms with Crippen molar-refractivity contribution in [2.75, 3.05) is 0 Å². The first-order chi connectivity index (χ1) is 8.47. The van der Waals surface area contributed by atoms with Crippen LogP contribution in [0.3, 0.4) is 0 Å². The summed E-state index contributed by atoms with van der Waals surface area (Å²) >= 11 is 0. The predicted octanol–water partition coefficient (Wildman–Crippen LogP) is 0.680. The summed E-state index contributed by atoms with van der Waals surface area (Å²) in [7, 11) is 0. The maximum atomic E-state index is 11.5. The molecule has 1 atom stereocenters. The number of carboxylic acids is 1. The van der Waals surface area contributed by atoms with Crippen molar-refractivity contribution in [3.63, 3.8) is 0 Å². The molecule has 0 spiro atoms. The molecule has 0 aliphatic carbocycles. The lowest BCUT2D eigenvalue weighted by Gasteiger charge is -2.11. The standard InChI is InChI=1S/C11H17N3O4/c1-7(3-6-11(16)17)12-9(15)4-5-10-13-8(2)14-18-10/h7H,3-6H2,1-2H3,(H,12,15)(H,16,17). The maximum absolute atomic E-state index is 11.5. The molecule has 0 fully saturated rings. The van der Waals surface area contributed by atoms with Gasteiger partial charge >= 0.3 is 5.97 Å². The number of hydrogen-bond acceptors (Lipinski definition) is 5. The molecule has 1 amide bonds. The van der Waals surface area contributed by atoms with Gasteiger partial charge in [-0.05, 0) is 20.3 Å². The number of carboxylic acid groups (broad SMARTS) is 1. The summed E-state index contributed by atoms with van der Waals surface area (Å²) in [4.78, 5) is 25.9. The van der Waals surface area contributed by atoms with Crippen LogP contribution in [0.5, 0.6) is 0 Å². The second kappa shape index (κ2) is 6.73. The van der Waals surface area contributed by atoms with Crippen LogP contribution in [0.2, 0.25) is 0 Å². The zero-order valence-electron chi connectivity index (χ0n) is 10.5. The molecule has 0 saturated carbocycles. The van der Waals surface area contributed by atoms with Crippen LogP contribution >= 0.6 is 0 Å². The Morgan fingerprint density at radius 2 is 2.17 bits per heavy atom. The van der Waals surface area contributed by atoms with Gasteiger partial charge in [-0.25, -0.2) is 0 Å². The molecule has 1 heterocycles. The van der Waals surface area contributed by atoms with E-state index in [9.17, 15) is 9.59 Å². The minimum absolute atomic E-state index is 0.0459. The molecule has 7 nitrogen and oxygen atoms in total. The first kappa shape index (κ1) is 14.1. The Balaban J connectivity index is 2.22. The number of hydrogen-bond donors (Lipinski definition) is 2. The topological polar surface area (TPSA) is 105 Å². The third-order valence-corrected chi connectivity index (χ3v) is 2.33. The van der Waals surface area contributed by atoms with E-state index in [1.807, 2.05) is 0 Å². The monoisotopic (exact) mass is 255 g/mol. The molecule has 1 aromatic rings. The fourth-order valence-electron chi connectivity index (χ4n) is 1.42. The van der Waals surface area contributed by atoms with Crippen molar-refractivity contribution in [2.45, 2.75) is 45.6 Å². The number of aromatic nitrogens is 2. The van der Waals surface area contributed by atoms with Crippen LogP contribution in [0.25, 0.3) is 0 Å². The molecule has 2 N–H and O–H groups in total. The fraction of sp³-hybridized carbons (Fsp3) is 0.636. The number of amides is 1. The summed E-state index contributed by atoms with van der Waals surface area (Å²) in [5.41, 5.74) is 0. The number of aliphatic carboxylic acids is 1. The Kier molecular flexibility index (Phi) is 5.29. The first-order valence-corrected chi connectivity index (χ1v) is 5.77. The Bertz CT molecular complexity index is 416. The summed E-state index contributed by atoms with van der Waals surface area (Å²) in [5.74, 6) is -0.0396. The molecule has 18 heavy (non-hydrogen) atoms. The highest BCUT2D eigenvalue weighted by molar-refractivity contribution is 5.76. The van der Waals surface area contributed by atoms with Gasteiger partial charge in [0.15, 0.2) is 5.82 Å². The van der Waals surface area contributed by atoms with E-state index in [-0.39, 0.29) is 24.8 Å². The van der Waals surface area contributed by atoms with E-state index in [1.165, 1.54) is 0 Å². The van der Waals surface area contributed by atoms with Crippen molar-refractivity contribution in [2.24, 2.45) is 0 Å². The molecule has 100 valence electrons. The van der Waals surface area contributed by atoms with Gasteiger partial charge in [0.25, 0.3) is 0 Å². The normalized spacial score (nSPS) is 12.1. The SMILES string of the molecule is Cc1noc(CCC(=O)NC(C)CCC(=O)O)n1. The second-order valence-electron chi connectivity index (χ2n) is 4.14. The van der Waals surface area contributed by atoms with Crippen LogP contribution in [0.4, 0.5) is 0 Å². The average Bonchev–Trinajstić information content (AvgIpc) is 2.70. The third-order valence-electron chi connectivity index (χ3n) is 2.33. The van der Waals surface area contributed by atoms with Crippen molar-refractivity contribution in [1.82, 2.24) is 15.5 Å². The Morgan fingerprint density at radius 3 is 2.72 bits per heavy atom. The van der Waals surface area contributed by atoms with Crippen LogP contribution in [0, 0.1) is 6.92 Å². The lowest BCUT2D eigenvalue weighted by molar-refractivity contribution is -0.137. The molecule has 0 aliphatic heterocycles. The largest absolute Gasteiger partial charge is 0.481 e. The van der Waals surface area contributed by atoms with Gasteiger partial charge in [0.2, 0.25) is 11.8 Å². The summed E-state index contributed by atoms with van der Waals surface area (Å²) in [6, 6.07) is -0.155. The van der Waals surface area contributed by atoms with E-state index in [0.717, 1.165) is 0 Å². The fourth-order valence-corrected chi connectivity index (χ4v) is 1.42. The smallest absolute Gasteiger partial charge is 0.303 e. The summed E-state index contributed by atoms with van der Waals surface area (Å²) in [5, 5.41) is 14.9. The van der Waals surface area contributed by atoms with Crippen molar-refractivity contribution >= 4 is 11.9 Å². The number of carbonyl (C=O) groups is 2. The molecule has 1 unspecified atom stereocenters. The first-order valence-electron chi connectivity index (χ1n) is 5.77. The second-order valence-corrected chi connectivity index (χ2v) is 4.14. The number of carbonyl (C=O) groups excluding carboxylic acids is 1. The molecule has 1 aromatic heterocycles. The number of nitrogens with zero attached hydrogens (tertiary/aromatic N) is 2. The average molecular weight is 255 g/mol. The molecular weight excluding hydrogens is 238 g/mol. The summed E-state index contributed by atoms with van der Waals surface area (Å²) in [6.07, 6.45) is 1.10. The zero-order chi connectivity index (χ0) is 13.5. The van der Waals surface area contributed by atoms with Gasteiger partial charge in [0.05, 0.1) is 0 Å². The van der Waals surface area contributed by atoms with Crippen LogP contribution in [-0.2, 0) is 16.0 Å². The lowest BCUT2D eigenvalue weighted by atomic mass is 10.1. The Labute approximate surface area is 105 Å². The molecule has 0 bridgehead atoms. The van der Waals surface area contributed by atoms with E-state index < -0.39 is 5.97 Å². The zero-order valence-corrected chi connectivity index (χ0v) is 10.5. The molecule has 0 radical (unpaired) electrons. The molecular formula is C11H17N3O4. The minimum atomic E-state index is -0.863. The summed E-state index contributed by atoms with van der Waals surface area (Å²) < 4.78 is 4.88. The highest BCUT2D eigenvalue weighted by Gasteiger charge is 2.11. The van der Waals surface area contributed by atoms with E-state index in [1.54, 1.807) is 13.8 Å². The highest BCUT2D eigenvalue weighted by atomic mass is 16.5. The predicted molar refractivity (Wildman–Crippen MR) is 61.8 cm³/mol. The van der Waals surface area contributed by atoms with Gasteiger partial charge < -0.3 is 14.9 Å². The quantitative estimate of drug-likeness (QED) is 0.742.